The Balaban J connectivity index is 2.35. The molecule has 0 bridgehead atoms. The van der Waals surface area contributed by atoms with Crippen LogP contribution in [0, 0.1) is 0 Å². The van der Waals surface area contributed by atoms with Crippen molar-refractivity contribution in [3.63, 3.8) is 0 Å². The molecule has 1 saturated heterocycles. The van der Waals surface area contributed by atoms with Crippen LogP contribution in [0.2, 0.25) is 0 Å². The predicted octanol–water partition coefficient (Wildman–Crippen LogP) is 9.67. The van der Waals surface area contributed by atoms with Crippen molar-refractivity contribution in [3.05, 3.63) is 48.6 Å². The van der Waals surface area contributed by atoms with E-state index < -0.39 is 49.4 Å². The Labute approximate surface area is 346 Å². The number of esters is 2. The molecule has 0 aromatic rings. The Morgan fingerprint density at radius 3 is 1.54 bits per heavy atom. The van der Waals surface area contributed by atoms with E-state index in [-0.39, 0.29) is 32.0 Å². The van der Waals surface area contributed by atoms with E-state index in [1.165, 1.54) is 83.5 Å². The Morgan fingerprint density at radius 1 is 0.544 bits per heavy atom. The number of carbonyl (C=O) groups excluding carboxylic acids is 2. The van der Waals surface area contributed by atoms with Crippen LogP contribution in [0.25, 0.3) is 0 Å². The Bertz CT molecular complexity index is 1070. The number of ether oxygens (including phenoxy) is 4. The van der Waals surface area contributed by atoms with Crippen molar-refractivity contribution in [2.24, 2.45) is 0 Å². The van der Waals surface area contributed by atoms with Crippen LogP contribution < -0.4 is 0 Å². The molecule has 10 nitrogen and oxygen atoms in total. The number of aliphatic hydroxyl groups excluding tert-OH is 4. The highest BCUT2D eigenvalue weighted by Gasteiger charge is 2.44. The molecule has 10 heteroatoms. The lowest BCUT2D eigenvalue weighted by atomic mass is 9.99. The minimum atomic E-state index is -1.60. The first-order chi connectivity index (χ1) is 27.8. The number of aliphatic hydroxyl groups is 4. The maximum Gasteiger partial charge on any atom is 0.306 e. The molecule has 0 radical (unpaired) electrons. The van der Waals surface area contributed by atoms with Gasteiger partial charge >= 0.3 is 11.9 Å². The number of carbonyl (C=O) groups is 2. The lowest BCUT2D eigenvalue weighted by Crippen LogP contribution is -2.59. The SMILES string of the molecule is CCCC/C=C/CCCCCCCCCCCC(=O)OC[C@H](CO[C@@H]1O[C@H](CO)[C@H](O)C(O)C1O)OC(=O)CCCCCC/C=C/C/C=C/C/C=C/CCCCC. The van der Waals surface area contributed by atoms with Crippen LogP contribution in [0.4, 0.5) is 0 Å². The summed E-state index contributed by atoms with van der Waals surface area (Å²) in [5, 5.41) is 40.1. The van der Waals surface area contributed by atoms with Crippen LogP contribution in [-0.4, -0.2) is 89.0 Å². The van der Waals surface area contributed by atoms with Crippen molar-refractivity contribution in [1.29, 1.82) is 0 Å². The lowest BCUT2D eigenvalue weighted by molar-refractivity contribution is -0.305. The summed E-state index contributed by atoms with van der Waals surface area (Å²) in [7, 11) is 0. The number of hydrogen-bond acceptors (Lipinski definition) is 10. The summed E-state index contributed by atoms with van der Waals surface area (Å²) in [6.07, 6.45) is 36.8. The van der Waals surface area contributed by atoms with Gasteiger partial charge in [-0.15, -0.1) is 0 Å². The first-order valence-electron chi connectivity index (χ1n) is 22.7. The topological polar surface area (TPSA) is 152 Å². The lowest BCUT2D eigenvalue weighted by Gasteiger charge is -2.39. The molecule has 0 aliphatic carbocycles. The zero-order valence-electron chi connectivity index (χ0n) is 35.8. The highest BCUT2D eigenvalue weighted by molar-refractivity contribution is 5.70. The number of hydrogen-bond donors (Lipinski definition) is 4. The summed E-state index contributed by atoms with van der Waals surface area (Å²) >= 11 is 0. The molecule has 0 aromatic heterocycles. The van der Waals surface area contributed by atoms with Gasteiger partial charge in [0.2, 0.25) is 0 Å². The van der Waals surface area contributed by atoms with Gasteiger partial charge in [0.25, 0.3) is 0 Å². The van der Waals surface area contributed by atoms with Gasteiger partial charge < -0.3 is 39.4 Å². The van der Waals surface area contributed by atoms with Crippen LogP contribution >= 0.6 is 0 Å². The van der Waals surface area contributed by atoms with Gasteiger partial charge in [-0.1, -0.05) is 146 Å². The van der Waals surface area contributed by atoms with Gasteiger partial charge in [-0.3, -0.25) is 9.59 Å². The quantitative estimate of drug-likeness (QED) is 0.0271. The molecular weight excluding hydrogens is 725 g/mol. The van der Waals surface area contributed by atoms with E-state index in [9.17, 15) is 30.0 Å². The average molecular weight is 807 g/mol. The zero-order valence-corrected chi connectivity index (χ0v) is 35.8. The van der Waals surface area contributed by atoms with E-state index in [1.54, 1.807) is 0 Å². The molecule has 57 heavy (non-hydrogen) atoms. The molecular formula is C47H82O10. The summed E-state index contributed by atoms with van der Waals surface area (Å²) in [6.45, 7) is 3.34. The zero-order chi connectivity index (χ0) is 41.6. The van der Waals surface area contributed by atoms with Crippen molar-refractivity contribution in [3.8, 4) is 0 Å². The van der Waals surface area contributed by atoms with Gasteiger partial charge in [0, 0.05) is 12.8 Å². The predicted molar refractivity (Wildman–Crippen MR) is 229 cm³/mol. The van der Waals surface area contributed by atoms with Gasteiger partial charge in [-0.25, -0.2) is 0 Å². The third kappa shape index (κ3) is 29.5. The van der Waals surface area contributed by atoms with E-state index in [1.807, 2.05) is 0 Å². The fourth-order valence-corrected chi connectivity index (χ4v) is 6.53. The molecule has 330 valence electrons. The molecule has 4 N–H and O–H groups in total. The summed E-state index contributed by atoms with van der Waals surface area (Å²) in [4.78, 5) is 25.3. The van der Waals surface area contributed by atoms with Gasteiger partial charge in [0.05, 0.1) is 13.2 Å². The maximum atomic E-state index is 12.8. The molecule has 1 fully saturated rings. The van der Waals surface area contributed by atoms with Crippen LogP contribution in [0.15, 0.2) is 48.6 Å². The second-order valence-corrected chi connectivity index (χ2v) is 15.5. The largest absolute Gasteiger partial charge is 0.462 e. The molecule has 0 aromatic carbocycles. The van der Waals surface area contributed by atoms with E-state index in [2.05, 4.69) is 62.5 Å². The van der Waals surface area contributed by atoms with E-state index in [0.717, 1.165) is 64.2 Å². The molecule has 1 heterocycles. The van der Waals surface area contributed by atoms with Crippen molar-refractivity contribution in [2.45, 2.75) is 218 Å². The van der Waals surface area contributed by atoms with Crippen LogP contribution in [-0.2, 0) is 28.5 Å². The standard InChI is InChI=1S/C47H82O10/c1-3-5-7-9-11-13-15-17-19-20-22-24-26-28-30-32-34-36-43(50)56-40(39-55-47-46(53)45(52)44(51)41(37-48)57-47)38-54-42(49)35-33-31-29-27-25-23-21-18-16-14-12-10-8-6-4-2/h10-13,17,19,22,24,40-41,44-48,51-53H,3-9,14-16,18,20-21,23,25-39H2,1-2H3/b12-10+,13-11+,19-17+,24-22+/t40-,41-,44+,45?,46?,47-/m1/s1. The molecule has 1 rings (SSSR count). The summed E-state index contributed by atoms with van der Waals surface area (Å²) in [6, 6.07) is 0. The Kier molecular flexibility index (Phi) is 35.0. The third-order valence-corrected chi connectivity index (χ3v) is 10.2. The van der Waals surface area contributed by atoms with Crippen LogP contribution in [0.5, 0.6) is 0 Å². The number of rotatable bonds is 37. The van der Waals surface area contributed by atoms with Gasteiger partial charge in [0.15, 0.2) is 12.4 Å². The van der Waals surface area contributed by atoms with Gasteiger partial charge in [-0.05, 0) is 70.6 Å². The molecule has 2 unspecified atom stereocenters. The maximum absolute atomic E-state index is 12.8. The second-order valence-electron chi connectivity index (χ2n) is 15.5. The van der Waals surface area contributed by atoms with Gasteiger partial charge in [-0.2, -0.15) is 0 Å². The highest BCUT2D eigenvalue weighted by atomic mass is 16.7. The summed E-state index contributed by atoms with van der Waals surface area (Å²) < 4.78 is 22.1. The number of allylic oxidation sites excluding steroid dienone is 8. The minimum absolute atomic E-state index is 0.203. The summed E-state index contributed by atoms with van der Waals surface area (Å²) in [5.41, 5.74) is 0. The van der Waals surface area contributed by atoms with Crippen LogP contribution in [0.3, 0.4) is 0 Å². The highest BCUT2D eigenvalue weighted by Crippen LogP contribution is 2.22. The monoisotopic (exact) mass is 807 g/mol. The molecule has 1 aliphatic heterocycles. The third-order valence-electron chi connectivity index (χ3n) is 10.2. The van der Waals surface area contributed by atoms with Crippen molar-refractivity contribution < 1.29 is 49.0 Å². The average Bonchev–Trinajstić information content (AvgIpc) is 3.21. The molecule has 0 amide bonds. The second kappa shape index (κ2) is 37.9. The van der Waals surface area contributed by atoms with E-state index in [4.69, 9.17) is 18.9 Å². The van der Waals surface area contributed by atoms with Crippen LogP contribution in [0.1, 0.15) is 181 Å². The molecule has 0 saturated carbocycles. The fraction of sp³-hybridized carbons (Fsp3) is 0.787. The summed E-state index contributed by atoms with van der Waals surface area (Å²) in [5.74, 6) is -0.835. The molecule has 0 spiro atoms. The van der Waals surface area contributed by atoms with Gasteiger partial charge in [0.1, 0.15) is 31.0 Å². The Morgan fingerprint density at radius 2 is 1.00 bits per heavy atom. The van der Waals surface area contributed by atoms with Crippen molar-refractivity contribution in [1.82, 2.24) is 0 Å². The minimum Gasteiger partial charge on any atom is -0.462 e. The normalized spacial score (nSPS) is 20.7. The molecule has 6 atom stereocenters. The molecule has 1 aliphatic rings. The Hall–Kier alpha value is -2.34. The smallest absolute Gasteiger partial charge is 0.306 e. The number of unbranched alkanes of at least 4 members (excludes halogenated alkanes) is 18. The van der Waals surface area contributed by atoms with E-state index in [0.29, 0.717) is 6.42 Å². The van der Waals surface area contributed by atoms with Crippen molar-refractivity contribution >= 4 is 11.9 Å². The fourth-order valence-electron chi connectivity index (χ4n) is 6.53. The first kappa shape index (κ1) is 52.7. The first-order valence-corrected chi connectivity index (χ1v) is 22.7. The van der Waals surface area contributed by atoms with E-state index >= 15 is 0 Å². The van der Waals surface area contributed by atoms with Crippen molar-refractivity contribution in [2.75, 3.05) is 19.8 Å².